The Bertz CT molecular complexity index is 3510. The molecule has 0 radical (unpaired) electrons. The second kappa shape index (κ2) is 16.8. The van der Waals surface area contributed by atoms with Crippen molar-refractivity contribution in [1.82, 2.24) is 0 Å². The van der Waals surface area contributed by atoms with Crippen LogP contribution in [-0.2, 0) is 16.2 Å². The maximum absolute atomic E-state index is 2.58. The van der Waals surface area contributed by atoms with Crippen LogP contribution in [0.4, 0.5) is 0 Å². The van der Waals surface area contributed by atoms with E-state index in [9.17, 15) is 0 Å². The van der Waals surface area contributed by atoms with Crippen molar-refractivity contribution in [3.63, 3.8) is 0 Å². The Kier molecular flexibility index (Phi) is 11.5. The first-order chi connectivity index (χ1) is 32.6. The zero-order valence-corrected chi connectivity index (χ0v) is 46.2. The van der Waals surface area contributed by atoms with Crippen LogP contribution in [0.1, 0.15) is 96.4 Å². The lowest BCUT2D eigenvalue weighted by Crippen LogP contribution is -2.38. The van der Waals surface area contributed by atoms with Crippen LogP contribution in [-0.4, -0.2) is 16.1 Å². The van der Waals surface area contributed by atoms with Crippen LogP contribution >= 0.6 is 0 Å². The van der Waals surface area contributed by atoms with Crippen LogP contribution in [0.15, 0.2) is 146 Å². The number of benzene rings is 9. The van der Waals surface area contributed by atoms with Crippen LogP contribution < -0.4 is 10.4 Å². The molecule has 9 aromatic carbocycles. The van der Waals surface area contributed by atoms with Gasteiger partial charge in [-0.3, -0.25) is 0 Å². The smallest absolute Gasteiger partial charge is 0.0656 e. The molecule has 10 rings (SSSR count). The largest absolute Gasteiger partial charge is 0.0784 e. The molecule has 2 heteroatoms. The summed E-state index contributed by atoms with van der Waals surface area (Å²) < 4.78 is 0. The fraction of sp³-hybridized carbons (Fsp3) is 0.313. The van der Waals surface area contributed by atoms with E-state index >= 15 is 0 Å². The average Bonchev–Trinajstić information content (AvgIpc) is 3.30. The van der Waals surface area contributed by atoms with Gasteiger partial charge < -0.3 is 0 Å². The van der Waals surface area contributed by atoms with Crippen molar-refractivity contribution >= 4 is 69.6 Å². The molecule has 0 unspecified atom stereocenters. The van der Waals surface area contributed by atoms with Crippen LogP contribution in [0.2, 0.25) is 39.3 Å². The zero-order chi connectivity index (χ0) is 49.0. The van der Waals surface area contributed by atoms with Gasteiger partial charge in [-0.1, -0.05) is 238 Å². The summed E-state index contributed by atoms with van der Waals surface area (Å²) in [6.07, 6.45) is 4.62. The number of rotatable bonds is 9. The second-order valence-electron chi connectivity index (χ2n) is 24.8. The Balaban J connectivity index is 1.39. The van der Waals surface area contributed by atoms with E-state index in [1.807, 2.05) is 0 Å². The lowest BCUT2D eigenvalue weighted by atomic mass is 9.61. The molecule has 0 spiro atoms. The normalized spacial score (nSPS) is 15.0. The van der Waals surface area contributed by atoms with E-state index in [1.54, 1.807) is 0 Å². The summed E-state index contributed by atoms with van der Waals surface area (Å²) in [5.41, 5.74) is 16.6. The van der Waals surface area contributed by atoms with Gasteiger partial charge in [-0.2, -0.15) is 0 Å². The van der Waals surface area contributed by atoms with E-state index in [2.05, 4.69) is 240 Å². The van der Waals surface area contributed by atoms with Gasteiger partial charge in [0.25, 0.3) is 0 Å². The Morgan fingerprint density at radius 3 is 1.42 bits per heavy atom. The van der Waals surface area contributed by atoms with Gasteiger partial charge in [-0.25, -0.2) is 0 Å². The first-order valence-corrected chi connectivity index (χ1v) is 33.0. The van der Waals surface area contributed by atoms with Gasteiger partial charge in [0.2, 0.25) is 0 Å². The highest BCUT2D eigenvalue weighted by atomic mass is 28.3. The highest BCUT2D eigenvalue weighted by Gasteiger charge is 2.39. The molecule has 0 saturated carbocycles. The summed E-state index contributed by atoms with van der Waals surface area (Å²) in [4.78, 5) is 0. The van der Waals surface area contributed by atoms with Crippen molar-refractivity contribution in [3.05, 3.63) is 168 Å². The van der Waals surface area contributed by atoms with Gasteiger partial charge in [0, 0.05) is 0 Å². The molecular formula is C67H74Si2. The SMILES string of the molecule is CCCC(C)(C)c1cccc(-c2c3cc(-c4ccc([Si](C)(C)C)c5ccccc45)ccc3c(-c3cccc4c3C(C)(C)CCC4(C)C)c3cc(-c4ccc([Si](C)(C)C)c5ccccc45)ccc23)c1C. The predicted octanol–water partition coefficient (Wildman–Crippen LogP) is 18.8. The van der Waals surface area contributed by atoms with Crippen molar-refractivity contribution in [2.75, 3.05) is 0 Å². The molecular weight excluding hydrogens is 861 g/mol. The minimum absolute atomic E-state index is 0.00596. The molecule has 0 fully saturated rings. The Morgan fingerprint density at radius 1 is 0.449 bits per heavy atom. The molecule has 69 heavy (non-hydrogen) atoms. The molecule has 0 aliphatic heterocycles. The highest BCUT2D eigenvalue weighted by Crippen LogP contribution is 2.54. The van der Waals surface area contributed by atoms with Crippen LogP contribution in [0.25, 0.3) is 87.6 Å². The summed E-state index contributed by atoms with van der Waals surface area (Å²) in [6, 6.07) is 57.6. The van der Waals surface area contributed by atoms with E-state index in [4.69, 9.17) is 0 Å². The summed E-state index contributed by atoms with van der Waals surface area (Å²) in [7, 11) is -3.23. The van der Waals surface area contributed by atoms with Crippen molar-refractivity contribution in [3.8, 4) is 44.5 Å². The summed E-state index contributed by atoms with van der Waals surface area (Å²) in [5, 5.41) is 13.8. The van der Waals surface area contributed by atoms with Gasteiger partial charge in [0.1, 0.15) is 0 Å². The van der Waals surface area contributed by atoms with Gasteiger partial charge in [-0.05, 0) is 164 Å². The van der Waals surface area contributed by atoms with E-state index in [-0.39, 0.29) is 16.2 Å². The van der Waals surface area contributed by atoms with Crippen molar-refractivity contribution in [2.45, 2.75) is 137 Å². The number of fused-ring (bicyclic) bond motifs is 5. The predicted molar refractivity (Wildman–Crippen MR) is 312 cm³/mol. The van der Waals surface area contributed by atoms with E-state index in [1.165, 1.54) is 127 Å². The Labute approximate surface area is 416 Å². The third-order valence-electron chi connectivity index (χ3n) is 16.5. The molecule has 0 N–H and O–H groups in total. The lowest BCUT2D eigenvalue weighted by molar-refractivity contribution is 0.333. The maximum atomic E-state index is 2.58. The molecule has 350 valence electrons. The van der Waals surface area contributed by atoms with Crippen LogP contribution in [0, 0.1) is 6.92 Å². The van der Waals surface area contributed by atoms with E-state index in [0.717, 1.165) is 19.3 Å². The maximum Gasteiger partial charge on any atom is 0.0784 e. The molecule has 0 heterocycles. The van der Waals surface area contributed by atoms with Gasteiger partial charge >= 0.3 is 0 Å². The van der Waals surface area contributed by atoms with Crippen LogP contribution in [0.3, 0.4) is 0 Å². The first-order valence-electron chi connectivity index (χ1n) is 26.0. The first kappa shape index (κ1) is 47.1. The fourth-order valence-electron chi connectivity index (χ4n) is 12.9. The molecule has 0 bridgehead atoms. The quantitative estimate of drug-likeness (QED) is 0.0999. The molecule has 1 aliphatic carbocycles. The van der Waals surface area contributed by atoms with Crippen molar-refractivity contribution in [1.29, 1.82) is 0 Å². The summed E-state index contributed by atoms with van der Waals surface area (Å²) in [5.74, 6) is 0. The lowest BCUT2D eigenvalue weighted by Gasteiger charge is -2.43. The fourth-order valence-corrected chi connectivity index (χ4v) is 16.1. The molecule has 0 saturated heterocycles. The Hall–Kier alpha value is -5.55. The summed E-state index contributed by atoms with van der Waals surface area (Å²) >= 11 is 0. The monoisotopic (exact) mass is 935 g/mol. The van der Waals surface area contributed by atoms with Gasteiger partial charge in [-0.15, -0.1) is 0 Å². The molecule has 9 aromatic rings. The van der Waals surface area contributed by atoms with E-state index < -0.39 is 16.1 Å². The molecule has 0 nitrogen and oxygen atoms in total. The molecule has 0 amide bonds. The third-order valence-corrected chi connectivity index (χ3v) is 20.6. The second-order valence-corrected chi connectivity index (χ2v) is 34.9. The Morgan fingerprint density at radius 2 is 0.913 bits per heavy atom. The van der Waals surface area contributed by atoms with Crippen LogP contribution in [0.5, 0.6) is 0 Å². The minimum Gasteiger partial charge on any atom is -0.0656 e. The topological polar surface area (TPSA) is 0 Å². The minimum atomic E-state index is -1.62. The van der Waals surface area contributed by atoms with E-state index in [0.29, 0.717) is 0 Å². The zero-order valence-electron chi connectivity index (χ0n) is 44.2. The molecule has 1 aliphatic rings. The highest BCUT2D eigenvalue weighted by molar-refractivity contribution is 6.91. The third kappa shape index (κ3) is 7.95. The van der Waals surface area contributed by atoms with Crippen molar-refractivity contribution < 1.29 is 0 Å². The number of hydrogen-bond acceptors (Lipinski definition) is 0. The standard InChI is InChI=1S/C67H74Si2/c1-15-38-65(3,4)58-28-20-26-46(43(58)2)62-53-32-30-45(48-35-37-61(69(12,13)14)52-25-19-17-23-50(48)52)42-57(53)63(55-27-21-29-59-64(55)67(7,8)40-39-66(59,5)6)54-33-31-44(41-56(54)62)47-34-36-60(68(9,10)11)51-24-18-16-22-49(47)51/h16-37,41-42H,15,38-40H2,1-14H3. The molecule has 0 atom stereocenters. The summed E-state index contributed by atoms with van der Waals surface area (Å²) in [6.45, 7) is 34.4. The average molecular weight is 936 g/mol. The van der Waals surface area contributed by atoms with Crippen molar-refractivity contribution in [2.24, 2.45) is 0 Å². The number of hydrogen-bond donors (Lipinski definition) is 0. The van der Waals surface area contributed by atoms with Gasteiger partial charge in [0.15, 0.2) is 0 Å². The van der Waals surface area contributed by atoms with Gasteiger partial charge in [0.05, 0.1) is 16.1 Å². The molecule has 0 aromatic heterocycles.